The Morgan fingerprint density at radius 2 is 1.82 bits per heavy atom. The van der Waals surface area contributed by atoms with Crippen molar-refractivity contribution in [3.63, 3.8) is 0 Å². The molecule has 8 heteroatoms. The molecule has 1 saturated carbocycles. The maximum absolute atomic E-state index is 13.5. The number of carbonyl (C=O) groups excluding carboxylic acids is 2. The van der Waals surface area contributed by atoms with Crippen LogP contribution in [-0.4, -0.2) is 56.4 Å². The Bertz CT molecular complexity index is 1040. The van der Waals surface area contributed by atoms with Gasteiger partial charge in [0.15, 0.2) is 6.10 Å². The van der Waals surface area contributed by atoms with Crippen LogP contribution in [0.2, 0.25) is 24.7 Å². The van der Waals surface area contributed by atoms with Crippen LogP contribution >= 0.6 is 0 Å². The third kappa shape index (κ3) is 3.77. The minimum absolute atomic E-state index is 0.0871. The van der Waals surface area contributed by atoms with Gasteiger partial charge in [0.1, 0.15) is 11.7 Å². The molecule has 2 amide bonds. The first-order chi connectivity index (χ1) is 15.4. The smallest absolute Gasteiger partial charge is 0.257 e. The Hall–Kier alpha value is -2.32. The highest BCUT2D eigenvalue weighted by molar-refractivity contribution is 6.82. The Balaban J connectivity index is 1.54. The van der Waals surface area contributed by atoms with Crippen molar-refractivity contribution in [3.05, 3.63) is 46.8 Å². The topological polar surface area (TPSA) is 71.0 Å². The Morgan fingerprint density at radius 1 is 1.18 bits per heavy atom. The minimum atomic E-state index is -1.70. The second-order valence-electron chi connectivity index (χ2n) is 10.9. The fourth-order valence-corrected chi connectivity index (χ4v) is 8.04. The van der Waals surface area contributed by atoms with Crippen molar-refractivity contribution >= 4 is 25.7 Å². The van der Waals surface area contributed by atoms with Crippen molar-refractivity contribution in [2.45, 2.75) is 69.4 Å². The average molecular weight is 472 g/mol. The number of benzene rings is 1. The first kappa shape index (κ1) is 23.8. The van der Waals surface area contributed by atoms with Gasteiger partial charge in [-0.25, -0.2) is 4.39 Å². The van der Waals surface area contributed by atoms with E-state index in [9.17, 15) is 14.0 Å². The first-order valence-electron chi connectivity index (χ1n) is 11.6. The monoisotopic (exact) mass is 471 g/mol. The molecule has 1 N–H and O–H groups in total. The highest BCUT2D eigenvalue weighted by atomic mass is 28.3. The number of amides is 2. The largest absolute Gasteiger partial charge is 0.367 e. The van der Waals surface area contributed by atoms with E-state index in [2.05, 4.69) is 30.0 Å². The van der Waals surface area contributed by atoms with Crippen molar-refractivity contribution in [3.8, 4) is 0 Å². The predicted molar refractivity (Wildman–Crippen MR) is 129 cm³/mol. The number of halogens is 1. The van der Waals surface area contributed by atoms with Gasteiger partial charge < -0.3 is 15.0 Å². The number of methoxy groups -OCH3 is 1. The van der Waals surface area contributed by atoms with Gasteiger partial charge in [0.2, 0.25) is 5.91 Å². The van der Waals surface area contributed by atoms with Crippen LogP contribution < -0.4 is 5.32 Å². The SMILES string of the molecule is COC(C(=O)N1CC2=C(CN=C2NC(=O)C2([Si](C)(C)C)CCC2)C1(C)C)c1ccc(F)cc1. The summed E-state index contributed by atoms with van der Waals surface area (Å²) >= 11 is 0. The molecule has 0 spiro atoms. The van der Waals surface area contributed by atoms with E-state index < -0.39 is 19.7 Å². The van der Waals surface area contributed by atoms with Crippen LogP contribution in [0.4, 0.5) is 4.39 Å². The Labute approximate surface area is 196 Å². The molecule has 0 bridgehead atoms. The van der Waals surface area contributed by atoms with Crippen molar-refractivity contribution in [1.29, 1.82) is 0 Å². The zero-order valence-corrected chi connectivity index (χ0v) is 21.4. The molecule has 1 unspecified atom stereocenters. The van der Waals surface area contributed by atoms with Crippen LogP contribution in [0, 0.1) is 5.82 Å². The van der Waals surface area contributed by atoms with Gasteiger partial charge in [0.25, 0.3) is 5.91 Å². The normalized spacial score (nSPS) is 21.9. The molecule has 2 heterocycles. The van der Waals surface area contributed by atoms with E-state index in [1.807, 2.05) is 13.8 Å². The van der Waals surface area contributed by atoms with E-state index in [4.69, 9.17) is 4.74 Å². The summed E-state index contributed by atoms with van der Waals surface area (Å²) in [6, 6.07) is 5.81. The van der Waals surface area contributed by atoms with Crippen LogP contribution in [0.5, 0.6) is 0 Å². The van der Waals surface area contributed by atoms with Gasteiger partial charge in [-0.1, -0.05) is 38.2 Å². The van der Waals surface area contributed by atoms with Crippen LogP contribution in [0.25, 0.3) is 0 Å². The molecule has 0 saturated heterocycles. The molecule has 33 heavy (non-hydrogen) atoms. The van der Waals surface area contributed by atoms with Crippen molar-refractivity contribution in [2.75, 3.05) is 20.2 Å². The highest BCUT2D eigenvalue weighted by Gasteiger charge is 2.54. The maximum atomic E-state index is 13.5. The van der Waals surface area contributed by atoms with E-state index >= 15 is 0 Å². The van der Waals surface area contributed by atoms with Crippen LogP contribution in [0.15, 0.2) is 40.4 Å². The molecule has 178 valence electrons. The zero-order chi connectivity index (χ0) is 24.2. The van der Waals surface area contributed by atoms with Crippen molar-refractivity contribution in [1.82, 2.24) is 10.2 Å². The van der Waals surface area contributed by atoms with Gasteiger partial charge in [-0.05, 0) is 50.0 Å². The van der Waals surface area contributed by atoms with Gasteiger partial charge in [-0.15, -0.1) is 0 Å². The van der Waals surface area contributed by atoms with Crippen molar-refractivity contribution < 1.29 is 18.7 Å². The molecule has 0 radical (unpaired) electrons. The molecule has 1 aromatic rings. The molecular weight excluding hydrogens is 437 g/mol. The standard InChI is InChI=1S/C25H34FN3O3Si/c1-24(2)19-14-27-21(28-23(31)25(12-7-13-25)33(4,5)6)18(19)15-29(24)22(30)20(32-3)16-8-10-17(26)11-9-16/h8-11,20H,7,12-15H2,1-6H3,(H,27,28,31). The summed E-state index contributed by atoms with van der Waals surface area (Å²) in [5.74, 6) is 0.150. The molecule has 1 aliphatic carbocycles. The predicted octanol–water partition coefficient (Wildman–Crippen LogP) is 4.22. The number of nitrogens with one attached hydrogen (secondary N) is 1. The number of ether oxygens (including phenoxy) is 1. The third-order valence-electron chi connectivity index (χ3n) is 7.98. The molecule has 1 aromatic carbocycles. The molecule has 1 atom stereocenters. The summed E-state index contributed by atoms with van der Waals surface area (Å²) in [6.07, 6.45) is 2.15. The summed E-state index contributed by atoms with van der Waals surface area (Å²) < 4.78 is 18.9. The third-order valence-corrected chi connectivity index (χ3v) is 11.6. The summed E-state index contributed by atoms with van der Waals surface area (Å²) in [7, 11) is -0.221. The molecule has 3 aliphatic rings. The number of rotatable bonds is 5. The molecule has 6 nitrogen and oxygen atoms in total. The maximum Gasteiger partial charge on any atom is 0.257 e. The molecule has 4 rings (SSSR count). The Kier molecular flexibility index (Phi) is 5.89. The first-order valence-corrected chi connectivity index (χ1v) is 15.1. The summed E-state index contributed by atoms with van der Waals surface area (Å²) in [4.78, 5) is 33.4. The van der Waals surface area contributed by atoms with Gasteiger partial charge in [-0.3, -0.25) is 14.6 Å². The van der Waals surface area contributed by atoms with Crippen LogP contribution in [-0.2, 0) is 14.3 Å². The lowest BCUT2D eigenvalue weighted by molar-refractivity contribution is -0.145. The van der Waals surface area contributed by atoms with E-state index in [0.717, 1.165) is 30.4 Å². The summed E-state index contributed by atoms with van der Waals surface area (Å²) in [5.41, 5.74) is 2.03. The van der Waals surface area contributed by atoms with Crippen LogP contribution in [0.1, 0.15) is 44.8 Å². The van der Waals surface area contributed by atoms with Gasteiger partial charge in [0.05, 0.1) is 26.7 Å². The molecular formula is C25H34FN3O3Si. The second-order valence-corrected chi connectivity index (χ2v) is 16.4. The lowest BCUT2D eigenvalue weighted by atomic mass is 9.83. The van der Waals surface area contributed by atoms with Gasteiger partial charge >= 0.3 is 0 Å². The summed E-state index contributed by atoms with van der Waals surface area (Å²) in [5, 5.41) is 2.91. The number of carbonyl (C=O) groups is 2. The number of aliphatic imine (C=N–C) groups is 1. The highest BCUT2D eigenvalue weighted by Crippen LogP contribution is 2.55. The lowest BCUT2D eigenvalue weighted by Crippen LogP contribution is -2.55. The molecule has 1 fully saturated rings. The fourth-order valence-electron chi connectivity index (χ4n) is 5.45. The van der Waals surface area contributed by atoms with E-state index in [1.54, 1.807) is 17.0 Å². The quantitative estimate of drug-likeness (QED) is 0.654. The molecule has 0 aromatic heterocycles. The van der Waals surface area contributed by atoms with Crippen molar-refractivity contribution in [2.24, 2.45) is 4.99 Å². The van der Waals surface area contributed by atoms with E-state index in [1.165, 1.54) is 19.2 Å². The average Bonchev–Trinajstić information content (AvgIpc) is 3.20. The zero-order valence-electron chi connectivity index (χ0n) is 20.4. The lowest BCUT2D eigenvalue weighted by Gasteiger charge is -2.49. The number of hydrogen-bond donors (Lipinski definition) is 1. The van der Waals surface area contributed by atoms with E-state index in [0.29, 0.717) is 24.5 Å². The number of amidine groups is 1. The number of hydrogen-bond acceptors (Lipinski definition) is 4. The fraction of sp³-hybridized carbons (Fsp3) is 0.560. The second kappa shape index (κ2) is 8.16. The van der Waals surface area contributed by atoms with E-state index in [-0.39, 0.29) is 22.7 Å². The van der Waals surface area contributed by atoms with Gasteiger partial charge in [0, 0.05) is 17.7 Å². The molecule has 2 aliphatic heterocycles. The number of nitrogens with zero attached hydrogens (tertiary/aromatic N) is 2. The van der Waals surface area contributed by atoms with Crippen LogP contribution in [0.3, 0.4) is 0 Å². The Morgan fingerprint density at radius 3 is 2.33 bits per heavy atom. The van der Waals surface area contributed by atoms with Gasteiger partial charge in [-0.2, -0.15) is 0 Å². The minimum Gasteiger partial charge on any atom is -0.367 e. The summed E-state index contributed by atoms with van der Waals surface area (Å²) in [6.45, 7) is 11.6.